The Hall–Kier alpha value is -1.23. The van der Waals surface area contributed by atoms with E-state index in [9.17, 15) is 4.79 Å². The summed E-state index contributed by atoms with van der Waals surface area (Å²) in [5.74, 6) is 0.849. The van der Waals surface area contributed by atoms with Gasteiger partial charge in [0.2, 0.25) is 5.76 Å². The standard InChI is InChI=1S/C12H20N2O3/c1-9-2-3-14(10(6-9)7-13)12(15)11-8-16-4-5-17-11/h8-10H,2-7,13H2,1H3. The summed E-state index contributed by atoms with van der Waals surface area (Å²) in [6.45, 7) is 4.40. The van der Waals surface area contributed by atoms with Gasteiger partial charge in [0.1, 0.15) is 19.5 Å². The number of rotatable bonds is 2. The summed E-state index contributed by atoms with van der Waals surface area (Å²) in [6.07, 6.45) is 3.41. The van der Waals surface area contributed by atoms with Crippen molar-refractivity contribution in [3.63, 3.8) is 0 Å². The van der Waals surface area contributed by atoms with Crippen LogP contribution >= 0.6 is 0 Å². The molecule has 17 heavy (non-hydrogen) atoms. The fourth-order valence-electron chi connectivity index (χ4n) is 2.36. The Kier molecular flexibility index (Phi) is 3.89. The van der Waals surface area contributed by atoms with Gasteiger partial charge in [0, 0.05) is 19.1 Å². The van der Waals surface area contributed by atoms with Gasteiger partial charge >= 0.3 is 0 Å². The highest BCUT2D eigenvalue weighted by molar-refractivity contribution is 5.91. The Morgan fingerprint density at radius 2 is 2.41 bits per heavy atom. The normalized spacial score (nSPS) is 29.1. The molecule has 0 saturated carbocycles. The molecule has 1 amide bonds. The third kappa shape index (κ3) is 2.72. The highest BCUT2D eigenvalue weighted by Gasteiger charge is 2.32. The fraction of sp³-hybridized carbons (Fsp3) is 0.750. The zero-order valence-corrected chi connectivity index (χ0v) is 10.2. The van der Waals surface area contributed by atoms with E-state index in [0.717, 1.165) is 19.4 Å². The maximum Gasteiger partial charge on any atom is 0.292 e. The van der Waals surface area contributed by atoms with Crippen LogP contribution in [0.15, 0.2) is 12.0 Å². The SMILES string of the molecule is CC1CCN(C(=O)C2=COCCO2)C(CN)C1. The predicted octanol–water partition coefficient (Wildman–Crippen LogP) is 0.460. The molecule has 2 heterocycles. The number of amides is 1. The smallest absolute Gasteiger partial charge is 0.292 e. The van der Waals surface area contributed by atoms with Gasteiger partial charge in [0.25, 0.3) is 5.91 Å². The molecule has 96 valence electrons. The number of nitrogens with two attached hydrogens (primary N) is 1. The van der Waals surface area contributed by atoms with E-state index in [0.29, 0.717) is 31.4 Å². The summed E-state index contributed by atoms with van der Waals surface area (Å²) >= 11 is 0. The van der Waals surface area contributed by atoms with Crippen LogP contribution in [0.5, 0.6) is 0 Å². The van der Waals surface area contributed by atoms with Gasteiger partial charge in [0.05, 0.1) is 0 Å². The van der Waals surface area contributed by atoms with Crippen molar-refractivity contribution >= 4 is 5.91 Å². The van der Waals surface area contributed by atoms with Crippen molar-refractivity contribution in [3.8, 4) is 0 Å². The van der Waals surface area contributed by atoms with Gasteiger partial charge in [-0.3, -0.25) is 4.79 Å². The van der Waals surface area contributed by atoms with Crippen molar-refractivity contribution in [2.75, 3.05) is 26.3 Å². The lowest BCUT2D eigenvalue weighted by atomic mass is 9.92. The van der Waals surface area contributed by atoms with Gasteiger partial charge in [-0.15, -0.1) is 0 Å². The first-order chi connectivity index (χ1) is 8.22. The molecule has 0 aromatic heterocycles. The first kappa shape index (κ1) is 12.2. The van der Waals surface area contributed by atoms with Gasteiger partial charge in [-0.2, -0.15) is 0 Å². The molecule has 0 aliphatic carbocycles. The second-order valence-corrected chi connectivity index (χ2v) is 4.72. The van der Waals surface area contributed by atoms with Crippen molar-refractivity contribution in [1.82, 2.24) is 4.90 Å². The minimum Gasteiger partial charge on any atom is -0.494 e. The highest BCUT2D eigenvalue weighted by Crippen LogP contribution is 2.24. The number of nitrogens with zero attached hydrogens (tertiary/aromatic N) is 1. The van der Waals surface area contributed by atoms with E-state index in [2.05, 4.69) is 6.92 Å². The molecule has 5 heteroatoms. The van der Waals surface area contributed by atoms with Gasteiger partial charge in [-0.05, 0) is 18.8 Å². The van der Waals surface area contributed by atoms with Crippen molar-refractivity contribution in [2.24, 2.45) is 11.7 Å². The number of hydrogen-bond acceptors (Lipinski definition) is 4. The summed E-state index contributed by atoms with van der Waals surface area (Å²) in [6, 6.07) is 0.123. The zero-order chi connectivity index (χ0) is 12.3. The van der Waals surface area contributed by atoms with Crippen LogP contribution in [0.3, 0.4) is 0 Å². The molecule has 2 rings (SSSR count). The molecule has 2 aliphatic rings. The maximum atomic E-state index is 12.2. The summed E-state index contributed by atoms with van der Waals surface area (Å²) < 4.78 is 10.4. The van der Waals surface area contributed by atoms with Gasteiger partial charge in [-0.1, -0.05) is 6.92 Å². The third-order valence-electron chi connectivity index (χ3n) is 3.37. The lowest BCUT2D eigenvalue weighted by molar-refractivity contribution is -0.136. The second-order valence-electron chi connectivity index (χ2n) is 4.72. The first-order valence-corrected chi connectivity index (χ1v) is 6.18. The van der Waals surface area contributed by atoms with Crippen LogP contribution < -0.4 is 5.73 Å². The second kappa shape index (κ2) is 5.40. The Morgan fingerprint density at radius 1 is 1.59 bits per heavy atom. The fourth-order valence-corrected chi connectivity index (χ4v) is 2.36. The van der Waals surface area contributed by atoms with Crippen LogP contribution in [0.4, 0.5) is 0 Å². The van der Waals surface area contributed by atoms with Crippen LogP contribution in [0, 0.1) is 5.92 Å². The molecular weight excluding hydrogens is 220 g/mol. The Balaban J connectivity index is 2.04. The maximum absolute atomic E-state index is 12.2. The summed E-state index contributed by atoms with van der Waals surface area (Å²) in [4.78, 5) is 14.0. The lowest BCUT2D eigenvalue weighted by Crippen LogP contribution is -2.50. The Bertz CT molecular complexity index is 317. The number of ether oxygens (including phenoxy) is 2. The molecule has 2 unspecified atom stereocenters. The number of piperidine rings is 1. The van der Waals surface area contributed by atoms with E-state index in [4.69, 9.17) is 15.2 Å². The minimum atomic E-state index is -0.0907. The number of carbonyl (C=O) groups excluding carboxylic acids is 1. The van der Waals surface area contributed by atoms with Crippen LogP contribution in [0.2, 0.25) is 0 Å². The van der Waals surface area contributed by atoms with Gasteiger partial charge in [-0.25, -0.2) is 0 Å². The quantitative estimate of drug-likeness (QED) is 0.761. The first-order valence-electron chi connectivity index (χ1n) is 6.18. The Morgan fingerprint density at radius 3 is 3.06 bits per heavy atom. The molecule has 0 aromatic carbocycles. The molecular formula is C12H20N2O3. The van der Waals surface area contributed by atoms with Crippen molar-refractivity contribution < 1.29 is 14.3 Å². The van der Waals surface area contributed by atoms with Crippen LogP contribution in [0.1, 0.15) is 19.8 Å². The number of hydrogen-bond donors (Lipinski definition) is 1. The molecule has 0 bridgehead atoms. The van der Waals surface area contributed by atoms with Crippen molar-refractivity contribution in [3.05, 3.63) is 12.0 Å². The summed E-state index contributed by atoms with van der Waals surface area (Å²) in [5, 5.41) is 0. The number of carbonyl (C=O) groups is 1. The van der Waals surface area contributed by atoms with E-state index < -0.39 is 0 Å². The zero-order valence-electron chi connectivity index (χ0n) is 10.2. The topological polar surface area (TPSA) is 64.8 Å². The van der Waals surface area contributed by atoms with Gasteiger partial charge in [0.15, 0.2) is 0 Å². The average molecular weight is 240 g/mol. The monoisotopic (exact) mass is 240 g/mol. The summed E-state index contributed by atoms with van der Waals surface area (Å²) in [7, 11) is 0. The lowest BCUT2D eigenvalue weighted by Gasteiger charge is -2.38. The number of likely N-dealkylation sites (tertiary alicyclic amines) is 1. The molecule has 0 radical (unpaired) electrons. The largest absolute Gasteiger partial charge is 0.494 e. The van der Waals surface area contributed by atoms with Crippen LogP contribution in [-0.4, -0.2) is 43.2 Å². The minimum absolute atomic E-state index is 0.0907. The predicted molar refractivity (Wildman–Crippen MR) is 62.9 cm³/mol. The van der Waals surface area contributed by atoms with Crippen LogP contribution in [-0.2, 0) is 14.3 Å². The molecule has 2 aliphatic heterocycles. The van der Waals surface area contributed by atoms with E-state index in [1.165, 1.54) is 6.26 Å². The molecule has 1 saturated heterocycles. The molecule has 0 spiro atoms. The van der Waals surface area contributed by atoms with Crippen molar-refractivity contribution in [2.45, 2.75) is 25.8 Å². The van der Waals surface area contributed by atoms with E-state index >= 15 is 0 Å². The molecule has 2 atom stereocenters. The average Bonchev–Trinajstić information content (AvgIpc) is 2.39. The van der Waals surface area contributed by atoms with Crippen molar-refractivity contribution in [1.29, 1.82) is 0 Å². The molecule has 0 aromatic rings. The summed E-state index contributed by atoms with van der Waals surface area (Å²) in [5.41, 5.74) is 5.74. The third-order valence-corrected chi connectivity index (χ3v) is 3.37. The van der Waals surface area contributed by atoms with E-state index in [1.807, 2.05) is 4.90 Å². The molecule has 5 nitrogen and oxygen atoms in total. The van der Waals surface area contributed by atoms with E-state index in [1.54, 1.807) is 0 Å². The van der Waals surface area contributed by atoms with Crippen LogP contribution in [0.25, 0.3) is 0 Å². The van der Waals surface area contributed by atoms with E-state index in [-0.39, 0.29) is 11.9 Å². The highest BCUT2D eigenvalue weighted by atomic mass is 16.6. The molecule has 1 fully saturated rings. The molecule has 2 N–H and O–H groups in total. The van der Waals surface area contributed by atoms with Gasteiger partial charge < -0.3 is 20.1 Å². The Labute approximate surface area is 102 Å².